The molecular weight excluding hydrogens is 168 g/mol. The standard InChI is InChI=1S/C9H12N2O2/c12-9(11-13)10-7-6-8-4-2-1-3-5-8/h1-5,13H,6-7H2,(H2,10,11,12). The Bertz CT molecular complexity index is 262. The van der Waals surface area contributed by atoms with Gasteiger partial charge in [0.2, 0.25) is 0 Å². The second kappa shape index (κ2) is 5.16. The molecular formula is C9H12N2O2. The molecule has 4 heteroatoms. The highest BCUT2D eigenvalue weighted by atomic mass is 16.5. The molecule has 0 aliphatic rings. The lowest BCUT2D eigenvalue weighted by atomic mass is 10.1. The van der Waals surface area contributed by atoms with Crippen LogP contribution in [0.1, 0.15) is 5.56 Å². The van der Waals surface area contributed by atoms with Gasteiger partial charge in [-0.3, -0.25) is 5.21 Å². The van der Waals surface area contributed by atoms with Crippen molar-refractivity contribution in [3.63, 3.8) is 0 Å². The van der Waals surface area contributed by atoms with E-state index in [0.717, 1.165) is 12.0 Å². The van der Waals surface area contributed by atoms with Crippen molar-refractivity contribution in [3.8, 4) is 0 Å². The van der Waals surface area contributed by atoms with E-state index in [4.69, 9.17) is 5.21 Å². The number of carbonyl (C=O) groups is 1. The van der Waals surface area contributed by atoms with E-state index in [2.05, 4.69) is 5.32 Å². The lowest BCUT2D eigenvalue weighted by molar-refractivity contribution is 0.162. The molecule has 4 nitrogen and oxygen atoms in total. The van der Waals surface area contributed by atoms with Gasteiger partial charge >= 0.3 is 6.03 Å². The molecule has 13 heavy (non-hydrogen) atoms. The fourth-order valence-electron chi connectivity index (χ4n) is 1.00. The Morgan fingerprint density at radius 3 is 2.62 bits per heavy atom. The Morgan fingerprint density at radius 1 is 1.31 bits per heavy atom. The van der Waals surface area contributed by atoms with E-state index < -0.39 is 6.03 Å². The van der Waals surface area contributed by atoms with E-state index in [-0.39, 0.29) is 0 Å². The van der Waals surface area contributed by atoms with Gasteiger partial charge in [0.05, 0.1) is 0 Å². The largest absolute Gasteiger partial charge is 0.338 e. The third-order valence-electron chi connectivity index (χ3n) is 1.64. The second-order valence-corrected chi connectivity index (χ2v) is 2.60. The number of amides is 2. The van der Waals surface area contributed by atoms with Crippen LogP contribution < -0.4 is 10.8 Å². The zero-order valence-electron chi connectivity index (χ0n) is 7.16. The van der Waals surface area contributed by atoms with E-state index in [0.29, 0.717) is 6.54 Å². The molecule has 0 aliphatic carbocycles. The number of hydrogen-bond donors (Lipinski definition) is 3. The van der Waals surface area contributed by atoms with Gasteiger partial charge in [-0.15, -0.1) is 0 Å². The molecule has 0 radical (unpaired) electrons. The predicted octanol–water partition coefficient (Wildman–Crippen LogP) is 0.917. The van der Waals surface area contributed by atoms with Crippen LogP contribution in [0.4, 0.5) is 4.79 Å². The van der Waals surface area contributed by atoms with Gasteiger partial charge < -0.3 is 5.32 Å². The summed E-state index contributed by atoms with van der Waals surface area (Å²) >= 11 is 0. The second-order valence-electron chi connectivity index (χ2n) is 2.60. The molecule has 0 aromatic heterocycles. The van der Waals surface area contributed by atoms with Gasteiger partial charge in [-0.2, -0.15) is 0 Å². The van der Waals surface area contributed by atoms with Gasteiger partial charge in [-0.25, -0.2) is 10.3 Å². The van der Waals surface area contributed by atoms with Gasteiger partial charge in [-0.05, 0) is 12.0 Å². The van der Waals surface area contributed by atoms with Crippen molar-refractivity contribution in [2.75, 3.05) is 6.54 Å². The van der Waals surface area contributed by atoms with Crippen LogP contribution in [0.3, 0.4) is 0 Å². The van der Waals surface area contributed by atoms with Crippen LogP contribution >= 0.6 is 0 Å². The van der Waals surface area contributed by atoms with E-state index >= 15 is 0 Å². The van der Waals surface area contributed by atoms with Crippen LogP contribution in [-0.4, -0.2) is 17.8 Å². The van der Waals surface area contributed by atoms with Crippen molar-refractivity contribution in [2.24, 2.45) is 0 Å². The van der Waals surface area contributed by atoms with Crippen LogP contribution in [0.2, 0.25) is 0 Å². The molecule has 0 fully saturated rings. The molecule has 0 saturated carbocycles. The van der Waals surface area contributed by atoms with E-state index in [1.807, 2.05) is 30.3 Å². The monoisotopic (exact) mass is 180 g/mol. The van der Waals surface area contributed by atoms with Crippen LogP contribution in [-0.2, 0) is 6.42 Å². The topological polar surface area (TPSA) is 61.4 Å². The summed E-state index contributed by atoms with van der Waals surface area (Å²) in [5.74, 6) is 0. The molecule has 0 bridgehead atoms. The maximum atomic E-state index is 10.5. The summed E-state index contributed by atoms with van der Waals surface area (Å²) in [6.45, 7) is 0.510. The quantitative estimate of drug-likeness (QED) is 0.478. The molecule has 0 atom stereocenters. The molecule has 1 rings (SSSR count). The van der Waals surface area contributed by atoms with Crippen molar-refractivity contribution in [2.45, 2.75) is 6.42 Å². The number of carbonyl (C=O) groups excluding carboxylic acids is 1. The smallest absolute Gasteiger partial charge is 0.336 e. The third kappa shape index (κ3) is 3.57. The molecule has 3 N–H and O–H groups in total. The summed E-state index contributed by atoms with van der Waals surface area (Å²) in [5, 5.41) is 10.7. The van der Waals surface area contributed by atoms with Crippen molar-refractivity contribution >= 4 is 6.03 Å². The number of urea groups is 1. The normalized spacial score (nSPS) is 9.31. The van der Waals surface area contributed by atoms with Crippen molar-refractivity contribution in [3.05, 3.63) is 35.9 Å². The SMILES string of the molecule is O=C(NO)NCCc1ccccc1. The van der Waals surface area contributed by atoms with E-state index in [1.165, 1.54) is 5.48 Å². The summed E-state index contributed by atoms with van der Waals surface area (Å²) < 4.78 is 0. The summed E-state index contributed by atoms with van der Waals surface area (Å²) in [6.07, 6.45) is 0.758. The summed E-state index contributed by atoms with van der Waals surface area (Å²) in [4.78, 5) is 10.5. The van der Waals surface area contributed by atoms with Gasteiger partial charge in [-0.1, -0.05) is 30.3 Å². The van der Waals surface area contributed by atoms with E-state index in [1.54, 1.807) is 0 Å². The van der Waals surface area contributed by atoms with Crippen LogP contribution in [0.15, 0.2) is 30.3 Å². The highest BCUT2D eigenvalue weighted by Crippen LogP contribution is 1.97. The molecule has 2 amide bonds. The third-order valence-corrected chi connectivity index (χ3v) is 1.64. The number of hydrogen-bond acceptors (Lipinski definition) is 2. The Morgan fingerprint density at radius 2 is 2.00 bits per heavy atom. The molecule has 0 unspecified atom stereocenters. The van der Waals surface area contributed by atoms with Gasteiger partial charge in [0.25, 0.3) is 0 Å². The minimum atomic E-state index is -0.573. The lowest BCUT2D eigenvalue weighted by Gasteiger charge is -2.02. The van der Waals surface area contributed by atoms with E-state index in [9.17, 15) is 4.79 Å². The Kier molecular flexibility index (Phi) is 3.78. The molecule has 1 aromatic rings. The molecule has 0 saturated heterocycles. The number of hydroxylamine groups is 1. The molecule has 0 spiro atoms. The number of nitrogens with one attached hydrogen (secondary N) is 2. The first-order valence-corrected chi connectivity index (χ1v) is 4.05. The first kappa shape index (κ1) is 9.54. The van der Waals surface area contributed by atoms with Crippen LogP contribution in [0.5, 0.6) is 0 Å². The highest BCUT2D eigenvalue weighted by Gasteiger charge is 1.95. The van der Waals surface area contributed by atoms with Crippen molar-refractivity contribution < 1.29 is 10.0 Å². The minimum Gasteiger partial charge on any atom is -0.336 e. The molecule has 1 aromatic carbocycles. The molecule has 70 valence electrons. The summed E-state index contributed by atoms with van der Waals surface area (Å²) in [6, 6.07) is 9.23. The molecule has 0 heterocycles. The van der Waals surface area contributed by atoms with Crippen LogP contribution in [0, 0.1) is 0 Å². The average molecular weight is 180 g/mol. The van der Waals surface area contributed by atoms with Crippen molar-refractivity contribution in [1.29, 1.82) is 0 Å². The van der Waals surface area contributed by atoms with Gasteiger partial charge in [0.1, 0.15) is 0 Å². The van der Waals surface area contributed by atoms with Crippen molar-refractivity contribution in [1.82, 2.24) is 10.8 Å². The zero-order valence-corrected chi connectivity index (χ0v) is 7.16. The van der Waals surface area contributed by atoms with Gasteiger partial charge in [0, 0.05) is 6.54 Å². The maximum Gasteiger partial charge on any atom is 0.338 e. The van der Waals surface area contributed by atoms with Gasteiger partial charge in [0.15, 0.2) is 0 Å². The first-order chi connectivity index (χ1) is 6.33. The Hall–Kier alpha value is -1.55. The average Bonchev–Trinajstić information content (AvgIpc) is 2.19. The van der Waals surface area contributed by atoms with Crippen LogP contribution in [0.25, 0.3) is 0 Å². The zero-order chi connectivity index (χ0) is 9.52. The minimum absolute atomic E-state index is 0.510. The number of rotatable bonds is 3. The number of benzene rings is 1. The lowest BCUT2D eigenvalue weighted by Crippen LogP contribution is -2.34. The first-order valence-electron chi connectivity index (χ1n) is 4.05. The Balaban J connectivity index is 2.24. The fourth-order valence-corrected chi connectivity index (χ4v) is 1.00. The summed E-state index contributed by atoms with van der Waals surface area (Å²) in [7, 11) is 0. The highest BCUT2D eigenvalue weighted by molar-refractivity contribution is 5.72. The fraction of sp³-hybridized carbons (Fsp3) is 0.222. The predicted molar refractivity (Wildman–Crippen MR) is 48.5 cm³/mol. The summed E-state index contributed by atoms with van der Waals surface area (Å²) in [5.41, 5.74) is 2.65. The molecule has 0 aliphatic heterocycles. The maximum absolute atomic E-state index is 10.5. The Labute approximate surface area is 76.5 Å².